The summed E-state index contributed by atoms with van der Waals surface area (Å²) in [6, 6.07) is 13.9. The molecule has 0 unspecified atom stereocenters. The van der Waals surface area contributed by atoms with Crippen molar-refractivity contribution in [3.63, 3.8) is 0 Å². The Balaban J connectivity index is 1.82. The number of carbonyl (C=O) groups excluding carboxylic acids is 2. The molecule has 0 fully saturated rings. The molecule has 0 aromatic heterocycles. The Morgan fingerprint density at radius 2 is 1.58 bits per heavy atom. The highest BCUT2D eigenvalue weighted by Crippen LogP contribution is 2.18. The smallest absolute Gasteiger partial charge is 0.338 e. The van der Waals surface area contributed by atoms with Crippen LogP contribution in [0, 0.1) is 18.6 Å². The van der Waals surface area contributed by atoms with E-state index in [2.05, 4.69) is 10.0 Å². The Kier molecular flexibility index (Phi) is 13.0. The van der Waals surface area contributed by atoms with E-state index in [1.165, 1.54) is 18.2 Å². The molecule has 12 heteroatoms. The number of benzene rings is 3. The summed E-state index contributed by atoms with van der Waals surface area (Å²) in [5, 5.41) is 3.18. The van der Waals surface area contributed by atoms with E-state index in [1.54, 1.807) is 48.2 Å². The molecular formula is C33H42F2N4O5S. The van der Waals surface area contributed by atoms with Crippen molar-refractivity contribution in [2.24, 2.45) is 5.73 Å². The first-order chi connectivity index (χ1) is 21.3. The van der Waals surface area contributed by atoms with Gasteiger partial charge >= 0.3 is 5.97 Å². The second-order valence-corrected chi connectivity index (χ2v) is 12.9. The van der Waals surface area contributed by atoms with Crippen molar-refractivity contribution in [1.82, 2.24) is 10.2 Å². The fourth-order valence-corrected chi connectivity index (χ4v) is 5.55. The fraction of sp³-hybridized carbons (Fsp3) is 0.394. The number of sulfonamides is 1. The molecule has 3 aromatic carbocycles. The highest BCUT2D eigenvalue weighted by molar-refractivity contribution is 7.92. The molecule has 0 saturated carbocycles. The zero-order valence-electron chi connectivity index (χ0n) is 26.1. The summed E-state index contributed by atoms with van der Waals surface area (Å²) in [6.07, 6.45) is 1.74. The number of halogens is 2. The van der Waals surface area contributed by atoms with Gasteiger partial charge in [0.2, 0.25) is 10.0 Å². The summed E-state index contributed by atoms with van der Waals surface area (Å²) >= 11 is 0. The number of amides is 1. The first kappa shape index (κ1) is 35.6. The number of ether oxygens (including phenoxy) is 1. The lowest BCUT2D eigenvalue weighted by Gasteiger charge is -2.25. The molecule has 0 spiro atoms. The number of rotatable bonds is 16. The molecule has 3 aromatic rings. The maximum Gasteiger partial charge on any atom is 0.338 e. The second kappa shape index (κ2) is 16.4. The molecule has 9 nitrogen and oxygen atoms in total. The third-order valence-corrected chi connectivity index (χ3v) is 7.48. The summed E-state index contributed by atoms with van der Waals surface area (Å²) in [5.74, 6) is -2.36. The van der Waals surface area contributed by atoms with Crippen LogP contribution in [-0.2, 0) is 27.7 Å². The van der Waals surface area contributed by atoms with Gasteiger partial charge < -0.3 is 20.7 Å². The molecule has 0 saturated heterocycles. The van der Waals surface area contributed by atoms with Gasteiger partial charge in [0, 0.05) is 49.5 Å². The highest BCUT2D eigenvalue weighted by Gasteiger charge is 2.25. The SMILES string of the molecule is CCCN(CCC)C(=O)c1cc(C)cc(C(=O)O[C@H](CNCc2cccc(NS(C)(=O)=O)c2)[C@@H](N)Cc2cc(F)cc(F)c2)c1. The third kappa shape index (κ3) is 11.5. The number of aryl methyl sites for hydroxylation is 1. The molecule has 0 bridgehead atoms. The van der Waals surface area contributed by atoms with Crippen molar-refractivity contribution in [2.45, 2.75) is 58.7 Å². The van der Waals surface area contributed by atoms with Crippen molar-refractivity contribution in [3.8, 4) is 0 Å². The van der Waals surface area contributed by atoms with Crippen molar-refractivity contribution < 1.29 is 31.5 Å². The first-order valence-corrected chi connectivity index (χ1v) is 16.8. The van der Waals surface area contributed by atoms with Gasteiger partial charge in [0.05, 0.1) is 11.8 Å². The summed E-state index contributed by atoms with van der Waals surface area (Å²) in [7, 11) is -3.46. The van der Waals surface area contributed by atoms with Gasteiger partial charge in [0.1, 0.15) is 17.7 Å². The Morgan fingerprint density at radius 1 is 0.933 bits per heavy atom. The molecule has 0 aliphatic rings. The highest BCUT2D eigenvalue weighted by atomic mass is 32.2. The number of nitrogens with zero attached hydrogens (tertiary/aromatic N) is 1. The third-order valence-electron chi connectivity index (χ3n) is 6.87. The molecule has 45 heavy (non-hydrogen) atoms. The van der Waals surface area contributed by atoms with E-state index in [0.717, 1.165) is 30.7 Å². The fourth-order valence-electron chi connectivity index (χ4n) is 5.00. The Bertz CT molecular complexity index is 1560. The molecule has 0 radical (unpaired) electrons. The van der Waals surface area contributed by atoms with E-state index in [4.69, 9.17) is 10.5 Å². The van der Waals surface area contributed by atoms with Crippen molar-refractivity contribution >= 4 is 27.6 Å². The number of hydrogen-bond acceptors (Lipinski definition) is 7. The van der Waals surface area contributed by atoms with Crippen LogP contribution < -0.4 is 15.8 Å². The van der Waals surface area contributed by atoms with Gasteiger partial charge in [-0.2, -0.15) is 0 Å². The van der Waals surface area contributed by atoms with E-state index in [-0.39, 0.29) is 31.0 Å². The van der Waals surface area contributed by atoms with Crippen LogP contribution in [0.25, 0.3) is 0 Å². The van der Waals surface area contributed by atoms with Gasteiger partial charge in [-0.25, -0.2) is 22.0 Å². The maximum absolute atomic E-state index is 13.9. The largest absolute Gasteiger partial charge is 0.456 e. The second-order valence-electron chi connectivity index (χ2n) is 11.2. The van der Waals surface area contributed by atoms with Crippen LogP contribution in [0.2, 0.25) is 0 Å². The molecule has 0 aliphatic heterocycles. The summed E-state index contributed by atoms with van der Waals surface area (Å²) in [6.45, 7) is 7.32. The number of nitrogens with one attached hydrogen (secondary N) is 2. The number of esters is 1. The Labute approximate surface area is 264 Å². The van der Waals surface area contributed by atoms with Crippen LogP contribution in [0.3, 0.4) is 0 Å². The van der Waals surface area contributed by atoms with Gasteiger partial charge in [-0.3, -0.25) is 9.52 Å². The quantitative estimate of drug-likeness (QED) is 0.191. The first-order valence-electron chi connectivity index (χ1n) is 14.9. The van der Waals surface area contributed by atoms with Crippen molar-refractivity contribution in [3.05, 3.63) is 100 Å². The zero-order valence-corrected chi connectivity index (χ0v) is 26.9. The number of anilines is 1. The van der Waals surface area contributed by atoms with Gasteiger partial charge in [-0.1, -0.05) is 26.0 Å². The van der Waals surface area contributed by atoms with E-state index in [0.29, 0.717) is 35.5 Å². The minimum absolute atomic E-state index is 0.0165. The molecule has 2 atom stereocenters. The van der Waals surface area contributed by atoms with Gasteiger partial charge in [-0.05, 0) is 85.3 Å². The lowest BCUT2D eigenvalue weighted by atomic mass is 10.0. The molecule has 3 rings (SSSR count). The minimum atomic E-state index is -3.46. The van der Waals surface area contributed by atoms with Crippen LogP contribution in [0.5, 0.6) is 0 Å². The van der Waals surface area contributed by atoms with Gasteiger partial charge in [0.15, 0.2) is 0 Å². The predicted octanol–water partition coefficient (Wildman–Crippen LogP) is 4.79. The number of carbonyl (C=O) groups is 2. The molecular weight excluding hydrogens is 602 g/mol. The normalized spacial score (nSPS) is 12.8. The van der Waals surface area contributed by atoms with Gasteiger partial charge in [0.25, 0.3) is 5.91 Å². The van der Waals surface area contributed by atoms with E-state index in [9.17, 15) is 26.8 Å². The predicted molar refractivity (Wildman–Crippen MR) is 172 cm³/mol. The number of nitrogens with two attached hydrogens (primary N) is 1. The Morgan fingerprint density at radius 3 is 2.20 bits per heavy atom. The summed E-state index contributed by atoms with van der Waals surface area (Å²) < 4.78 is 59.3. The minimum Gasteiger partial charge on any atom is -0.456 e. The van der Waals surface area contributed by atoms with Crippen LogP contribution in [0.4, 0.5) is 14.5 Å². The standard InChI is InChI=1S/C33H42F2N4O5S/c1-5-10-39(11-6-2)32(40)25-12-22(3)13-26(18-25)33(41)44-31(30(36)17-24-14-27(34)19-28(35)15-24)21-37-20-23-8-7-9-29(16-23)38-45(4,42)43/h7-9,12-16,18-19,30-31,37-38H,5-6,10-11,17,20-21,36H2,1-4H3/t30-,31+/m0/s1. The van der Waals surface area contributed by atoms with Crippen LogP contribution in [0.15, 0.2) is 60.7 Å². The van der Waals surface area contributed by atoms with Gasteiger partial charge in [-0.15, -0.1) is 0 Å². The lowest BCUT2D eigenvalue weighted by molar-refractivity contribution is 0.0238. The molecule has 244 valence electrons. The molecule has 0 heterocycles. The molecule has 0 aliphatic carbocycles. The van der Waals surface area contributed by atoms with E-state index in [1.807, 2.05) is 13.8 Å². The zero-order chi connectivity index (χ0) is 33.1. The maximum atomic E-state index is 13.9. The van der Waals surface area contributed by atoms with E-state index >= 15 is 0 Å². The monoisotopic (exact) mass is 644 g/mol. The topological polar surface area (TPSA) is 131 Å². The van der Waals surface area contributed by atoms with Crippen molar-refractivity contribution in [2.75, 3.05) is 30.6 Å². The average molecular weight is 645 g/mol. The van der Waals surface area contributed by atoms with E-state index < -0.39 is 39.8 Å². The Hall–Kier alpha value is -3.87. The average Bonchev–Trinajstić information content (AvgIpc) is 2.94. The summed E-state index contributed by atoms with van der Waals surface area (Å²) in [4.78, 5) is 28.5. The summed E-state index contributed by atoms with van der Waals surface area (Å²) in [5.41, 5.74) is 9.17. The van der Waals surface area contributed by atoms with Crippen molar-refractivity contribution in [1.29, 1.82) is 0 Å². The lowest BCUT2D eigenvalue weighted by Crippen LogP contribution is -2.46. The molecule has 1 amide bonds. The van der Waals surface area contributed by atoms with Crippen LogP contribution in [0.1, 0.15) is 64.1 Å². The van der Waals surface area contributed by atoms with Crippen LogP contribution >= 0.6 is 0 Å². The van der Waals surface area contributed by atoms with Crippen LogP contribution in [-0.4, -0.2) is 63.2 Å². The molecule has 4 N–H and O–H groups in total. The number of hydrogen-bond donors (Lipinski definition) is 3.